The topological polar surface area (TPSA) is 85.3 Å². The van der Waals surface area contributed by atoms with E-state index in [9.17, 15) is 0 Å². The molecule has 0 spiro atoms. The number of ether oxygens (including phenoxy) is 2. The van der Waals surface area contributed by atoms with Gasteiger partial charge in [0.1, 0.15) is 12.1 Å². The third kappa shape index (κ3) is 4.54. The van der Waals surface area contributed by atoms with Crippen molar-refractivity contribution in [3.05, 3.63) is 30.9 Å². The third-order valence-corrected chi connectivity index (χ3v) is 4.05. The van der Waals surface area contributed by atoms with Gasteiger partial charge in [-0.3, -0.25) is 0 Å². The third-order valence-electron chi connectivity index (χ3n) is 4.05. The summed E-state index contributed by atoms with van der Waals surface area (Å²) in [6, 6.07) is 3.91. The fourth-order valence-electron chi connectivity index (χ4n) is 2.92. The summed E-state index contributed by atoms with van der Waals surface area (Å²) in [5, 5.41) is 3.30. The number of rotatable bonds is 7. The summed E-state index contributed by atoms with van der Waals surface area (Å²) in [5.41, 5.74) is 0. The normalized spacial score (nSPS) is 20.1. The molecule has 3 heterocycles. The van der Waals surface area contributed by atoms with Crippen LogP contribution in [0.2, 0.25) is 0 Å². The molecule has 1 N–H and O–H groups in total. The van der Waals surface area contributed by atoms with Crippen LogP contribution in [-0.4, -0.2) is 58.4 Å². The Bertz CT molecular complexity index is 669. The van der Waals surface area contributed by atoms with Crippen molar-refractivity contribution in [1.29, 1.82) is 0 Å². The summed E-state index contributed by atoms with van der Waals surface area (Å²) in [7, 11) is 1.74. The van der Waals surface area contributed by atoms with Crippen molar-refractivity contribution in [2.75, 3.05) is 30.4 Å². The van der Waals surface area contributed by atoms with E-state index < -0.39 is 0 Å². The van der Waals surface area contributed by atoms with Gasteiger partial charge in [0, 0.05) is 38.7 Å². The van der Waals surface area contributed by atoms with Crippen molar-refractivity contribution < 1.29 is 9.47 Å². The molecule has 0 bridgehead atoms. The van der Waals surface area contributed by atoms with E-state index in [1.165, 1.54) is 0 Å². The van der Waals surface area contributed by atoms with E-state index >= 15 is 0 Å². The van der Waals surface area contributed by atoms with Crippen molar-refractivity contribution in [1.82, 2.24) is 19.9 Å². The van der Waals surface area contributed by atoms with Crippen molar-refractivity contribution in [3.8, 4) is 5.88 Å². The SMILES string of the molecule is CO[C@@H]1C[C@H](CNc2nccc(OC(C)C)n2)N(c2ccncn2)C1. The Morgan fingerprint density at radius 3 is 2.88 bits per heavy atom. The van der Waals surface area contributed by atoms with E-state index in [4.69, 9.17) is 9.47 Å². The van der Waals surface area contributed by atoms with Crippen LogP contribution in [0.15, 0.2) is 30.9 Å². The minimum absolute atomic E-state index is 0.0771. The molecule has 25 heavy (non-hydrogen) atoms. The Kier molecular flexibility index (Phi) is 5.60. The highest BCUT2D eigenvalue weighted by molar-refractivity contribution is 5.41. The standard InChI is InChI=1S/C17H24N6O2/c1-12(2)25-16-5-7-19-17(22-16)20-9-13-8-14(24-3)10-23(13)15-4-6-18-11-21-15/h4-7,11-14H,8-10H2,1-3H3,(H,19,20,22)/t13-,14-/m1/s1. The summed E-state index contributed by atoms with van der Waals surface area (Å²) in [6.45, 7) is 5.43. The van der Waals surface area contributed by atoms with E-state index in [0.29, 0.717) is 18.4 Å². The van der Waals surface area contributed by atoms with Crippen LogP contribution in [0.3, 0.4) is 0 Å². The molecule has 3 rings (SSSR count). The quantitative estimate of drug-likeness (QED) is 0.813. The van der Waals surface area contributed by atoms with Crippen molar-refractivity contribution in [2.45, 2.75) is 38.5 Å². The zero-order valence-corrected chi connectivity index (χ0v) is 14.8. The Balaban J connectivity index is 1.66. The number of aromatic nitrogens is 4. The second kappa shape index (κ2) is 8.06. The van der Waals surface area contributed by atoms with Gasteiger partial charge in [-0.2, -0.15) is 4.98 Å². The van der Waals surface area contributed by atoms with Gasteiger partial charge in [0.15, 0.2) is 0 Å². The number of nitrogens with one attached hydrogen (secondary N) is 1. The number of nitrogens with zero attached hydrogens (tertiary/aromatic N) is 5. The Morgan fingerprint density at radius 2 is 2.16 bits per heavy atom. The van der Waals surface area contributed by atoms with Crippen LogP contribution < -0.4 is 15.0 Å². The molecule has 0 amide bonds. The molecule has 0 aliphatic carbocycles. The molecule has 1 aliphatic heterocycles. The van der Waals surface area contributed by atoms with E-state index in [2.05, 4.69) is 30.2 Å². The molecule has 2 aromatic heterocycles. The van der Waals surface area contributed by atoms with E-state index in [1.54, 1.807) is 31.9 Å². The molecule has 0 radical (unpaired) electrons. The average Bonchev–Trinajstić information content (AvgIpc) is 3.04. The summed E-state index contributed by atoms with van der Waals surface area (Å²) >= 11 is 0. The summed E-state index contributed by atoms with van der Waals surface area (Å²) < 4.78 is 11.2. The summed E-state index contributed by atoms with van der Waals surface area (Å²) in [6.07, 6.45) is 6.18. The number of anilines is 2. The second-order valence-corrected chi connectivity index (χ2v) is 6.23. The second-order valence-electron chi connectivity index (χ2n) is 6.23. The molecular weight excluding hydrogens is 320 g/mol. The fourth-order valence-corrected chi connectivity index (χ4v) is 2.92. The Labute approximate surface area is 147 Å². The van der Waals surface area contributed by atoms with Crippen LogP contribution in [0.1, 0.15) is 20.3 Å². The van der Waals surface area contributed by atoms with Gasteiger partial charge in [0.05, 0.1) is 18.2 Å². The zero-order chi connectivity index (χ0) is 17.6. The average molecular weight is 344 g/mol. The van der Waals surface area contributed by atoms with Crippen LogP contribution >= 0.6 is 0 Å². The van der Waals surface area contributed by atoms with Crippen LogP contribution in [0.4, 0.5) is 11.8 Å². The van der Waals surface area contributed by atoms with Crippen LogP contribution in [0.25, 0.3) is 0 Å². The largest absolute Gasteiger partial charge is 0.475 e. The molecule has 2 aromatic rings. The van der Waals surface area contributed by atoms with E-state index in [1.807, 2.05) is 19.9 Å². The summed E-state index contributed by atoms with van der Waals surface area (Å²) in [4.78, 5) is 19.2. The minimum atomic E-state index is 0.0771. The lowest BCUT2D eigenvalue weighted by Gasteiger charge is -2.25. The van der Waals surface area contributed by atoms with Gasteiger partial charge in [0.25, 0.3) is 0 Å². The lowest BCUT2D eigenvalue weighted by molar-refractivity contribution is 0.118. The Hall–Kier alpha value is -2.48. The van der Waals surface area contributed by atoms with Crippen molar-refractivity contribution in [2.24, 2.45) is 0 Å². The highest BCUT2D eigenvalue weighted by atomic mass is 16.5. The molecule has 0 saturated carbocycles. The molecule has 2 atom stereocenters. The molecule has 1 fully saturated rings. The van der Waals surface area contributed by atoms with Crippen molar-refractivity contribution >= 4 is 11.8 Å². The minimum Gasteiger partial charge on any atom is -0.475 e. The van der Waals surface area contributed by atoms with Gasteiger partial charge in [-0.25, -0.2) is 15.0 Å². The van der Waals surface area contributed by atoms with Crippen molar-refractivity contribution in [3.63, 3.8) is 0 Å². The fraction of sp³-hybridized carbons (Fsp3) is 0.529. The van der Waals surface area contributed by atoms with Gasteiger partial charge < -0.3 is 19.7 Å². The molecule has 0 unspecified atom stereocenters. The number of hydrogen-bond donors (Lipinski definition) is 1. The van der Waals surface area contributed by atoms with Gasteiger partial charge in [0.2, 0.25) is 11.8 Å². The Morgan fingerprint density at radius 1 is 1.28 bits per heavy atom. The maximum atomic E-state index is 5.61. The molecule has 1 aliphatic rings. The summed E-state index contributed by atoms with van der Waals surface area (Å²) in [5.74, 6) is 2.03. The lowest BCUT2D eigenvalue weighted by atomic mass is 10.2. The molecular formula is C17H24N6O2. The lowest BCUT2D eigenvalue weighted by Crippen LogP contribution is -2.36. The van der Waals surface area contributed by atoms with Gasteiger partial charge >= 0.3 is 0 Å². The molecule has 8 heteroatoms. The highest BCUT2D eigenvalue weighted by Crippen LogP contribution is 2.25. The van der Waals surface area contributed by atoms with Gasteiger partial charge in [-0.15, -0.1) is 0 Å². The monoisotopic (exact) mass is 344 g/mol. The predicted octanol–water partition coefficient (Wildman–Crippen LogP) is 1.76. The first kappa shape index (κ1) is 17.3. The van der Waals surface area contributed by atoms with Gasteiger partial charge in [-0.05, 0) is 26.3 Å². The smallest absolute Gasteiger partial charge is 0.226 e. The molecule has 0 aromatic carbocycles. The highest BCUT2D eigenvalue weighted by Gasteiger charge is 2.32. The number of hydrogen-bond acceptors (Lipinski definition) is 8. The van der Waals surface area contributed by atoms with Crippen LogP contribution in [0, 0.1) is 0 Å². The first-order valence-electron chi connectivity index (χ1n) is 8.44. The molecule has 134 valence electrons. The number of methoxy groups -OCH3 is 1. The van der Waals surface area contributed by atoms with Gasteiger partial charge in [-0.1, -0.05) is 0 Å². The maximum Gasteiger partial charge on any atom is 0.226 e. The molecule has 8 nitrogen and oxygen atoms in total. The maximum absolute atomic E-state index is 5.61. The van der Waals surface area contributed by atoms with E-state index in [-0.39, 0.29) is 18.2 Å². The first-order valence-corrected chi connectivity index (χ1v) is 8.44. The van der Waals surface area contributed by atoms with Crippen LogP contribution in [-0.2, 0) is 4.74 Å². The molecule has 1 saturated heterocycles. The zero-order valence-electron chi connectivity index (χ0n) is 14.8. The predicted molar refractivity (Wildman–Crippen MR) is 94.9 cm³/mol. The van der Waals surface area contributed by atoms with Crippen LogP contribution in [0.5, 0.6) is 5.88 Å². The first-order chi connectivity index (χ1) is 12.2. The van der Waals surface area contributed by atoms with E-state index in [0.717, 1.165) is 18.8 Å².